The largest absolute Gasteiger partial charge is 0.382 e. The molecule has 0 radical (unpaired) electrons. The minimum absolute atomic E-state index is 0.104. The van der Waals surface area contributed by atoms with Crippen LogP contribution in [0.25, 0.3) is 0 Å². The summed E-state index contributed by atoms with van der Waals surface area (Å²) in [4.78, 5) is 0. The molecule has 1 aromatic carbocycles. The molecule has 0 heterocycles. The van der Waals surface area contributed by atoms with E-state index >= 15 is 0 Å². The first kappa shape index (κ1) is 10.2. The van der Waals surface area contributed by atoms with Crippen LogP contribution in [0.1, 0.15) is 24.9 Å². The highest BCUT2D eigenvalue weighted by molar-refractivity contribution is 5.18. The molecule has 0 bridgehead atoms. The smallest absolute Gasteiger partial charge is 0.0483 e. The van der Waals surface area contributed by atoms with E-state index in [1.165, 1.54) is 5.56 Å². The second-order valence-electron chi connectivity index (χ2n) is 3.00. The number of hydrogen-bond acceptors (Lipinski definition) is 2. The molecular weight excluding hydrogens is 162 g/mol. The Balaban J connectivity index is 2.35. The van der Waals surface area contributed by atoms with Crippen LogP contribution in [0.4, 0.5) is 0 Å². The number of nitrogens with two attached hydrogens (primary N) is 1. The highest BCUT2D eigenvalue weighted by atomic mass is 16.5. The van der Waals surface area contributed by atoms with Crippen molar-refractivity contribution in [3.63, 3.8) is 0 Å². The summed E-state index contributed by atoms with van der Waals surface area (Å²) in [7, 11) is 0. The lowest BCUT2D eigenvalue weighted by molar-refractivity contribution is 0.140. The first-order chi connectivity index (χ1) is 6.34. The van der Waals surface area contributed by atoms with E-state index in [9.17, 15) is 0 Å². The van der Waals surface area contributed by atoms with Crippen molar-refractivity contribution in [2.24, 2.45) is 5.73 Å². The van der Waals surface area contributed by atoms with Crippen molar-refractivity contribution in [2.45, 2.75) is 19.4 Å². The molecule has 1 aromatic rings. The van der Waals surface area contributed by atoms with E-state index in [1.807, 2.05) is 25.1 Å². The van der Waals surface area contributed by atoms with Crippen LogP contribution in [-0.2, 0) is 4.74 Å². The summed E-state index contributed by atoms with van der Waals surface area (Å²) in [6, 6.07) is 10.2. The monoisotopic (exact) mass is 179 g/mol. The van der Waals surface area contributed by atoms with Gasteiger partial charge in [-0.2, -0.15) is 0 Å². The average molecular weight is 179 g/mol. The van der Waals surface area contributed by atoms with Gasteiger partial charge in [0.2, 0.25) is 0 Å². The molecule has 1 atom stereocenters. The van der Waals surface area contributed by atoms with Gasteiger partial charge in [0.1, 0.15) is 0 Å². The molecule has 0 saturated carbocycles. The zero-order chi connectivity index (χ0) is 9.52. The predicted octanol–water partition coefficient (Wildman–Crippen LogP) is 2.11. The van der Waals surface area contributed by atoms with Crippen molar-refractivity contribution >= 4 is 0 Å². The Kier molecular flexibility index (Phi) is 4.50. The summed E-state index contributed by atoms with van der Waals surface area (Å²) in [6.07, 6.45) is 0.887. The fourth-order valence-corrected chi connectivity index (χ4v) is 1.22. The van der Waals surface area contributed by atoms with Gasteiger partial charge in [0.05, 0.1) is 0 Å². The Morgan fingerprint density at radius 3 is 2.62 bits per heavy atom. The summed E-state index contributed by atoms with van der Waals surface area (Å²) >= 11 is 0. The molecule has 0 unspecified atom stereocenters. The number of rotatable bonds is 5. The van der Waals surface area contributed by atoms with Gasteiger partial charge < -0.3 is 10.5 Å². The van der Waals surface area contributed by atoms with Crippen LogP contribution >= 0.6 is 0 Å². The lowest BCUT2D eigenvalue weighted by atomic mass is 10.1. The molecule has 0 aliphatic rings. The zero-order valence-electron chi connectivity index (χ0n) is 8.07. The third-order valence-corrected chi connectivity index (χ3v) is 2.01. The zero-order valence-corrected chi connectivity index (χ0v) is 8.07. The normalized spacial score (nSPS) is 12.8. The molecule has 0 aliphatic heterocycles. The van der Waals surface area contributed by atoms with E-state index < -0.39 is 0 Å². The van der Waals surface area contributed by atoms with Crippen molar-refractivity contribution in [1.29, 1.82) is 0 Å². The van der Waals surface area contributed by atoms with Crippen LogP contribution in [0.5, 0.6) is 0 Å². The van der Waals surface area contributed by atoms with Crippen LogP contribution in [0.2, 0.25) is 0 Å². The van der Waals surface area contributed by atoms with E-state index in [1.54, 1.807) is 0 Å². The highest BCUT2D eigenvalue weighted by Crippen LogP contribution is 2.12. The minimum atomic E-state index is 0.104. The average Bonchev–Trinajstić information content (AvgIpc) is 2.19. The summed E-state index contributed by atoms with van der Waals surface area (Å²) in [5.41, 5.74) is 7.14. The van der Waals surface area contributed by atoms with E-state index in [2.05, 4.69) is 12.1 Å². The van der Waals surface area contributed by atoms with Gasteiger partial charge in [0, 0.05) is 19.3 Å². The first-order valence-corrected chi connectivity index (χ1v) is 4.73. The summed E-state index contributed by atoms with van der Waals surface area (Å²) < 4.78 is 5.25. The first-order valence-electron chi connectivity index (χ1n) is 4.73. The van der Waals surface area contributed by atoms with Crippen molar-refractivity contribution in [2.75, 3.05) is 13.2 Å². The lowest BCUT2D eigenvalue weighted by Gasteiger charge is -2.11. The van der Waals surface area contributed by atoms with E-state index in [4.69, 9.17) is 10.5 Å². The molecule has 1 rings (SSSR count). The summed E-state index contributed by atoms with van der Waals surface area (Å²) in [5, 5.41) is 0. The molecular formula is C11H17NO. The molecule has 2 heteroatoms. The fourth-order valence-electron chi connectivity index (χ4n) is 1.22. The Morgan fingerprint density at radius 2 is 2.00 bits per heavy atom. The van der Waals surface area contributed by atoms with Gasteiger partial charge in [-0.3, -0.25) is 0 Å². The van der Waals surface area contributed by atoms with Crippen molar-refractivity contribution in [3.8, 4) is 0 Å². The Bertz CT molecular complexity index is 223. The van der Waals surface area contributed by atoms with Gasteiger partial charge in [-0.05, 0) is 18.9 Å². The van der Waals surface area contributed by atoms with Crippen molar-refractivity contribution in [1.82, 2.24) is 0 Å². The van der Waals surface area contributed by atoms with Gasteiger partial charge in [-0.25, -0.2) is 0 Å². The van der Waals surface area contributed by atoms with Gasteiger partial charge in [0.25, 0.3) is 0 Å². The highest BCUT2D eigenvalue weighted by Gasteiger charge is 2.03. The van der Waals surface area contributed by atoms with Crippen LogP contribution in [0.15, 0.2) is 30.3 Å². The maximum atomic E-state index is 5.96. The molecule has 0 fully saturated rings. The van der Waals surface area contributed by atoms with E-state index in [-0.39, 0.29) is 6.04 Å². The van der Waals surface area contributed by atoms with Crippen molar-refractivity contribution in [3.05, 3.63) is 35.9 Å². The Morgan fingerprint density at radius 1 is 1.31 bits per heavy atom. The topological polar surface area (TPSA) is 35.2 Å². The van der Waals surface area contributed by atoms with Crippen molar-refractivity contribution < 1.29 is 4.74 Å². The molecule has 2 N–H and O–H groups in total. The third-order valence-electron chi connectivity index (χ3n) is 2.01. The molecule has 0 spiro atoms. The summed E-state index contributed by atoms with van der Waals surface area (Å²) in [6.45, 7) is 3.50. The van der Waals surface area contributed by atoms with E-state index in [0.717, 1.165) is 19.6 Å². The van der Waals surface area contributed by atoms with Gasteiger partial charge >= 0.3 is 0 Å². The second kappa shape index (κ2) is 5.73. The molecule has 0 saturated heterocycles. The number of hydrogen-bond donors (Lipinski definition) is 1. The molecule has 0 aromatic heterocycles. The van der Waals surface area contributed by atoms with Gasteiger partial charge in [-0.15, -0.1) is 0 Å². The standard InChI is InChI=1S/C11H17NO/c1-2-13-9-8-11(12)10-6-4-3-5-7-10/h3-7,11H,2,8-9,12H2,1H3/t11-/m0/s1. The molecule has 2 nitrogen and oxygen atoms in total. The molecule has 0 amide bonds. The third kappa shape index (κ3) is 3.57. The van der Waals surface area contributed by atoms with Crippen LogP contribution in [0.3, 0.4) is 0 Å². The summed E-state index contributed by atoms with van der Waals surface area (Å²) in [5.74, 6) is 0. The van der Waals surface area contributed by atoms with E-state index in [0.29, 0.717) is 0 Å². The Labute approximate surface area is 79.7 Å². The maximum Gasteiger partial charge on any atom is 0.0483 e. The lowest BCUT2D eigenvalue weighted by Crippen LogP contribution is -2.12. The van der Waals surface area contributed by atoms with Crippen LogP contribution in [0, 0.1) is 0 Å². The van der Waals surface area contributed by atoms with Crippen LogP contribution < -0.4 is 5.73 Å². The van der Waals surface area contributed by atoms with Gasteiger partial charge in [0.15, 0.2) is 0 Å². The second-order valence-corrected chi connectivity index (χ2v) is 3.00. The predicted molar refractivity (Wildman–Crippen MR) is 54.5 cm³/mol. The number of benzene rings is 1. The SMILES string of the molecule is CCOCC[C@H](N)c1ccccc1. The van der Waals surface area contributed by atoms with Gasteiger partial charge in [-0.1, -0.05) is 30.3 Å². The molecule has 0 aliphatic carbocycles. The quantitative estimate of drug-likeness (QED) is 0.703. The van der Waals surface area contributed by atoms with Crippen LogP contribution in [-0.4, -0.2) is 13.2 Å². The number of ether oxygens (including phenoxy) is 1. The molecule has 72 valence electrons. The maximum absolute atomic E-state index is 5.96. The Hall–Kier alpha value is -0.860. The fraction of sp³-hybridized carbons (Fsp3) is 0.455. The minimum Gasteiger partial charge on any atom is -0.382 e. The molecule has 13 heavy (non-hydrogen) atoms.